The molecule has 5 aromatic rings. The Kier molecular flexibility index (Phi) is 11.0. The van der Waals surface area contributed by atoms with Crippen LogP contribution in [0.2, 0.25) is 0 Å². The molecule has 4 amide bonds. The van der Waals surface area contributed by atoms with Crippen LogP contribution in [-0.4, -0.2) is 85.7 Å². The van der Waals surface area contributed by atoms with Crippen LogP contribution in [0.4, 0.5) is 9.59 Å². The Morgan fingerprint density at radius 2 is 1.39 bits per heavy atom. The summed E-state index contributed by atoms with van der Waals surface area (Å²) in [4.78, 5) is 68.1. The third-order valence-corrected chi connectivity index (χ3v) is 11.3. The summed E-state index contributed by atoms with van der Waals surface area (Å²) >= 11 is 0. The van der Waals surface area contributed by atoms with Gasteiger partial charge < -0.3 is 40.7 Å². The van der Waals surface area contributed by atoms with Gasteiger partial charge in [0.1, 0.15) is 23.7 Å². The number of hydrogen-bond donors (Lipinski definition) is 6. The number of carbonyl (C=O) groups excluding carboxylic acids is 3. The normalized spacial score (nSPS) is 19.4. The molecule has 14 nitrogen and oxygen atoms in total. The molecule has 56 heavy (non-hydrogen) atoms. The summed E-state index contributed by atoms with van der Waals surface area (Å²) in [5.74, 6) is 0.784. The van der Waals surface area contributed by atoms with Gasteiger partial charge in [-0.05, 0) is 71.2 Å². The summed E-state index contributed by atoms with van der Waals surface area (Å²) in [6.07, 6.45) is 6.04. The molecule has 3 heterocycles. The van der Waals surface area contributed by atoms with E-state index in [1.807, 2.05) is 45.0 Å². The van der Waals surface area contributed by atoms with Gasteiger partial charge in [-0.15, -0.1) is 0 Å². The van der Waals surface area contributed by atoms with Crippen molar-refractivity contribution >= 4 is 45.5 Å². The molecular weight excluding hydrogens is 713 g/mol. The number of fused-ring (bicyclic) bond motifs is 3. The van der Waals surface area contributed by atoms with Crippen LogP contribution in [0.1, 0.15) is 83.4 Å². The lowest BCUT2D eigenvalue weighted by Gasteiger charge is -2.30. The van der Waals surface area contributed by atoms with Crippen LogP contribution in [0.15, 0.2) is 60.9 Å². The molecule has 3 aromatic carbocycles. The molecule has 0 bridgehead atoms. The van der Waals surface area contributed by atoms with Crippen molar-refractivity contribution in [2.75, 3.05) is 13.7 Å². The Balaban J connectivity index is 1.06. The Morgan fingerprint density at radius 3 is 1.98 bits per heavy atom. The molecule has 0 spiro atoms. The van der Waals surface area contributed by atoms with Crippen LogP contribution in [0, 0.1) is 11.8 Å². The number of nitrogens with zero attached hydrogens (tertiary/aromatic N) is 3. The first kappa shape index (κ1) is 38.4. The van der Waals surface area contributed by atoms with Gasteiger partial charge in [0.15, 0.2) is 0 Å². The zero-order chi connectivity index (χ0) is 39.7. The van der Waals surface area contributed by atoms with Gasteiger partial charge in [-0.1, -0.05) is 70.5 Å². The quantitative estimate of drug-likeness (QED) is 0.0786. The van der Waals surface area contributed by atoms with Crippen molar-refractivity contribution in [3.63, 3.8) is 0 Å². The number of nitrogens with one attached hydrogen (secondary N) is 5. The minimum absolute atomic E-state index is 0.00190. The zero-order valence-corrected chi connectivity index (χ0v) is 32.4. The van der Waals surface area contributed by atoms with Gasteiger partial charge in [-0.3, -0.25) is 9.59 Å². The Morgan fingerprint density at radius 1 is 0.786 bits per heavy atom. The predicted octanol–water partition coefficient (Wildman–Crippen LogP) is 6.86. The van der Waals surface area contributed by atoms with E-state index in [2.05, 4.69) is 74.4 Å². The van der Waals surface area contributed by atoms with Crippen molar-refractivity contribution in [1.82, 2.24) is 40.8 Å². The third-order valence-electron chi connectivity index (χ3n) is 11.3. The highest BCUT2D eigenvalue weighted by Crippen LogP contribution is 2.37. The van der Waals surface area contributed by atoms with Crippen molar-refractivity contribution in [2.24, 2.45) is 11.8 Å². The number of rotatable bonds is 11. The largest absolute Gasteiger partial charge is 0.465 e. The molecule has 1 aliphatic heterocycles. The second-order valence-electron chi connectivity index (χ2n) is 15.7. The molecule has 1 aliphatic carbocycles. The number of imidazole rings is 2. The zero-order valence-electron chi connectivity index (χ0n) is 32.4. The van der Waals surface area contributed by atoms with E-state index in [9.17, 15) is 24.3 Å². The number of aromatic amines is 2. The molecule has 0 unspecified atom stereocenters. The van der Waals surface area contributed by atoms with Crippen LogP contribution in [0.25, 0.3) is 44.1 Å². The van der Waals surface area contributed by atoms with Crippen LogP contribution >= 0.6 is 0 Å². The lowest BCUT2D eigenvalue weighted by atomic mass is 9.97. The highest BCUT2D eigenvalue weighted by molar-refractivity contribution is 6.09. The van der Waals surface area contributed by atoms with Gasteiger partial charge >= 0.3 is 12.2 Å². The topological polar surface area (TPSA) is 194 Å². The minimum atomic E-state index is -1.22. The maximum Gasteiger partial charge on any atom is 0.407 e. The van der Waals surface area contributed by atoms with E-state index in [-0.39, 0.29) is 41.7 Å². The van der Waals surface area contributed by atoms with Crippen molar-refractivity contribution < 1.29 is 29.0 Å². The van der Waals surface area contributed by atoms with Crippen molar-refractivity contribution in [2.45, 2.75) is 89.9 Å². The van der Waals surface area contributed by atoms with Gasteiger partial charge in [-0.25, -0.2) is 19.6 Å². The van der Waals surface area contributed by atoms with E-state index in [1.165, 1.54) is 7.11 Å². The molecule has 7 rings (SSSR count). The Labute approximate surface area is 325 Å². The lowest BCUT2D eigenvalue weighted by molar-refractivity contribution is -0.135. The highest BCUT2D eigenvalue weighted by Gasteiger charge is 2.38. The second kappa shape index (κ2) is 16.0. The average Bonchev–Trinajstić information content (AvgIpc) is 4.02. The van der Waals surface area contributed by atoms with Gasteiger partial charge in [0.05, 0.1) is 36.9 Å². The summed E-state index contributed by atoms with van der Waals surface area (Å²) in [6.45, 7) is 8.03. The Bertz CT molecular complexity index is 2260. The van der Waals surface area contributed by atoms with E-state index in [4.69, 9.17) is 14.7 Å². The van der Waals surface area contributed by atoms with Crippen LogP contribution < -0.4 is 16.0 Å². The molecule has 2 aromatic heterocycles. The molecule has 2 aliphatic rings. The second-order valence-corrected chi connectivity index (χ2v) is 15.7. The van der Waals surface area contributed by atoms with Crippen LogP contribution in [-0.2, 0) is 14.3 Å². The maximum atomic E-state index is 13.6. The molecular formula is C42H50N8O6. The predicted molar refractivity (Wildman–Crippen MR) is 213 cm³/mol. The number of benzene rings is 3. The van der Waals surface area contributed by atoms with Gasteiger partial charge in [0, 0.05) is 29.6 Å². The van der Waals surface area contributed by atoms with E-state index in [1.54, 1.807) is 0 Å². The molecule has 294 valence electrons. The SMILES string of the molecule is COC(=O)N[C@H](C(=O)N1CCC[C@H]1c1ncc(-c2ccc3c(ccc4cc(-c5cnc([C@H]6CCC[C@@H]6NC(=O)[C@@H](NC(=O)O)C(C)C)[nH]5)ccc43)c2)[nH]1)C(C)C. The van der Waals surface area contributed by atoms with Gasteiger partial charge in [0.2, 0.25) is 11.8 Å². The first-order chi connectivity index (χ1) is 26.9. The fourth-order valence-electron chi connectivity index (χ4n) is 8.32. The number of methoxy groups -OCH3 is 1. The van der Waals surface area contributed by atoms with Crippen molar-refractivity contribution in [3.05, 3.63) is 72.6 Å². The smallest absolute Gasteiger partial charge is 0.407 e. The van der Waals surface area contributed by atoms with E-state index in [0.717, 1.165) is 87.8 Å². The maximum absolute atomic E-state index is 13.6. The van der Waals surface area contributed by atoms with E-state index < -0.39 is 24.3 Å². The number of carbonyl (C=O) groups is 4. The van der Waals surface area contributed by atoms with E-state index >= 15 is 0 Å². The molecule has 1 saturated heterocycles. The first-order valence-electron chi connectivity index (χ1n) is 19.4. The fraction of sp³-hybridized carbons (Fsp3) is 0.429. The number of carboxylic acid groups (broad SMARTS) is 1. The van der Waals surface area contributed by atoms with Crippen molar-refractivity contribution in [3.8, 4) is 22.5 Å². The molecule has 6 N–H and O–H groups in total. The minimum Gasteiger partial charge on any atom is -0.465 e. The van der Waals surface area contributed by atoms with E-state index in [0.29, 0.717) is 6.54 Å². The average molecular weight is 763 g/mol. The number of ether oxygens (including phenoxy) is 1. The summed E-state index contributed by atoms with van der Waals surface area (Å²) < 4.78 is 4.77. The summed E-state index contributed by atoms with van der Waals surface area (Å²) in [5, 5.41) is 21.8. The summed E-state index contributed by atoms with van der Waals surface area (Å²) in [7, 11) is 1.29. The summed E-state index contributed by atoms with van der Waals surface area (Å²) in [5.41, 5.74) is 3.74. The fourth-order valence-corrected chi connectivity index (χ4v) is 8.32. The van der Waals surface area contributed by atoms with Gasteiger partial charge in [-0.2, -0.15) is 0 Å². The first-order valence-corrected chi connectivity index (χ1v) is 19.4. The summed E-state index contributed by atoms with van der Waals surface area (Å²) in [6, 6.07) is 15.1. The number of aromatic nitrogens is 4. The Hall–Kier alpha value is -5.92. The molecule has 5 atom stereocenters. The number of likely N-dealkylation sites (tertiary alicyclic amines) is 1. The lowest BCUT2D eigenvalue weighted by Crippen LogP contribution is -2.52. The third kappa shape index (κ3) is 7.77. The van der Waals surface area contributed by atoms with Crippen molar-refractivity contribution in [1.29, 1.82) is 0 Å². The molecule has 1 saturated carbocycles. The standard InChI is InChI=1S/C42H50N8O6/c1-22(2)35(48-41(53)54)39(51)47-31-9-6-8-30(31)37-43-20-32(45-37)26-13-15-28-24(18-26)11-12-25-19-27(14-16-29(25)28)33-21-44-38(46-33)34-10-7-17-50(34)40(52)36(23(3)4)49-42(55)56-5/h11-16,18-23,30-31,34-36,48H,6-10,17H2,1-5H3,(H,43,45)(H,44,46)(H,47,51)(H,49,55)(H,53,54)/t30-,31-,34-,35-,36-/m0/s1. The van der Waals surface area contributed by atoms with Crippen LogP contribution in [0.5, 0.6) is 0 Å². The molecule has 14 heteroatoms. The highest BCUT2D eigenvalue weighted by atomic mass is 16.5. The van der Waals surface area contributed by atoms with Crippen LogP contribution in [0.3, 0.4) is 0 Å². The monoisotopic (exact) mass is 762 g/mol. The number of amides is 4. The number of H-pyrrole nitrogens is 2. The molecule has 2 fully saturated rings. The number of hydrogen-bond acceptors (Lipinski definition) is 7. The number of alkyl carbamates (subject to hydrolysis) is 1. The molecule has 0 radical (unpaired) electrons. The van der Waals surface area contributed by atoms with Gasteiger partial charge in [0.25, 0.3) is 0 Å².